The minimum atomic E-state index is -1.01. The van der Waals surface area contributed by atoms with E-state index < -0.39 is 23.9 Å². The first-order chi connectivity index (χ1) is 20.2. The van der Waals surface area contributed by atoms with Gasteiger partial charge in [-0.15, -0.1) is 0 Å². The summed E-state index contributed by atoms with van der Waals surface area (Å²) in [6.07, 6.45) is 5.73. The predicted molar refractivity (Wildman–Crippen MR) is 165 cm³/mol. The van der Waals surface area contributed by atoms with Crippen molar-refractivity contribution in [1.29, 1.82) is 0 Å². The number of anilines is 2. The van der Waals surface area contributed by atoms with Crippen molar-refractivity contribution in [3.05, 3.63) is 105 Å². The van der Waals surface area contributed by atoms with Crippen LogP contribution in [0.5, 0.6) is 0 Å². The number of urea groups is 1. The molecule has 2 heterocycles. The minimum absolute atomic E-state index is 0.102. The van der Waals surface area contributed by atoms with E-state index >= 15 is 0 Å². The number of ether oxygens (including phenoxy) is 1. The van der Waals surface area contributed by atoms with Crippen LogP contribution in [0.3, 0.4) is 0 Å². The first kappa shape index (κ1) is 31.4. The molecule has 3 amide bonds. The molecule has 42 heavy (non-hydrogen) atoms. The molecule has 0 unspecified atom stereocenters. The summed E-state index contributed by atoms with van der Waals surface area (Å²) in [5, 5.41) is 9.11. The molecule has 0 aliphatic heterocycles. The number of benzene rings is 2. The summed E-state index contributed by atoms with van der Waals surface area (Å²) in [7, 11) is 1.23. The highest BCUT2D eigenvalue weighted by Gasteiger charge is 2.23. The van der Waals surface area contributed by atoms with Gasteiger partial charge in [-0.3, -0.25) is 14.8 Å². The highest BCUT2D eigenvalue weighted by molar-refractivity contribution is 7.99. The topological polar surface area (TPSA) is 122 Å². The Hall–Kier alpha value is -3.54. The van der Waals surface area contributed by atoms with Crippen LogP contribution in [-0.4, -0.2) is 41.0 Å². The molecule has 4 rings (SSSR count). The zero-order valence-electron chi connectivity index (χ0n) is 21.7. The molecule has 1 atom stereocenters. The maximum Gasteiger partial charge on any atom is 0.328 e. The van der Waals surface area contributed by atoms with Gasteiger partial charge in [0.15, 0.2) is 0 Å². The summed E-state index contributed by atoms with van der Waals surface area (Å²) in [6.45, 7) is 0. The third-order valence-corrected chi connectivity index (χ3v) is 8.27. The second-order valence-corrected chi connectivity index (χ2v) is 11.2. The molecule has 0 spiro atoms. The highest BCUT2D eigenvalue weighted by Crippen LogP contribution is 2.40. The van der Waals surface area contributed by atoms with Crippen molar-refractivity contribution in [2.45, 2.75) is 22.3 Å². The smallest absolute Gasteiger partial charge is 0.328 e. The fraction of sp³-hybridized carbons (Fsp3) is 0.107. The fourth-order valence-electron chi connectivity index (χ4n) is 3.70. The molecule has 9 nitrogen and oxygen atoms in total. The van der Waals surface area contributed by atoms with Gasteiger partial charge < -0.3 is 20.7 Å². The van der Waals surface area contributed by atoms with Gasteiger partial charge in [0.25, 0.3) is 5.91 Å². The Morgan fingerprint density at radius 2 is 1.43 bits per heavy atom. The summed E-state index contributed by atoms with van der Waals surface area (Å²) in [6, 6.07) is 12.1. The summed E-state index contributed by atoms with van der Waals surface area (Å²) >= 11 is 25.9. The van der Waals surface area contributed by atoms with E-state index in [-0.39, 0.29) is 22.0 Å². The number of carbonyl (C=O) groups excluding carboxylic acids is 3. The van der Waals surface area contributed by atoms with Gasteiger partial charge in [-0.2, -0.15) is 0 Å². The summed E-state index contributed by atoms with van der Waals surface area (Å²) in [5.41, 5.74) is 1.74. The summed E-state index contributed by atoms with van der Waals surface area (Å²) in [4.78, 5) is 47.2. The van der Waals surface area contributed by atoms with Gasteiger partial charge in [0.05, 0.1) is 43.3 Å². The van der Waals surface area contributed by atoms with Crippen LogP contribution in [0.2, 0.25) is 20.1 Å². The van der Waals surface area contributed by atoms with Crippen molar-refractivity contribution in [3.8, 4) is 0 Å². The normalized spacial score (nSPS) is 11.4. The first-order valence-electron chi connectivity index (χ1n) is 12.1. The largest absolute Gasteiger partial charge is 0.467 e. The highest BCUT2D eigenvalue weighted by atomic mass is 35.5. The Morgan fingerprint density at radius 3 is 2.05 bits per heavy atom. The van der Waals surface area contributed by atoms with E-state index in [0.717, 1.165) is 0 Å². The van der Waals surface area contributed by atoms with Crippen LogP contribution >= 0.6 is 58.2 Å². The Balaban J connectivity index is 1.42. The van der Waals surface area contributed by atoms with Crippen LogP contribution in [0.15, 0.2) is 83.1 Å². The van der Waals surface area contributed by atoms with Gasteiger partial charge in [0.1, 0.15) is 6.04 Å². The van der Waals surface area contributed by atoms with Gasteiger partial charge >= 0.3 is 12.0 Å². The number of para-hydroxylation sites is 1. The summed E-state index contributed by atoms with van der Waals surface area (Å²) in [5.74, 6) is -1.14. The van der Waals surface area contributed by atoms with Gasteiger partial charge in [-0.05, 0) is 29.8 Å². The number of methoxy groups -OCH3 is 1. The van der Waals surface area contributed by atoms with Crippen molar-refractivity contribution in [2.24, 2.45) is 0 Å². The first-order valence-corrected chi connectivity index (χ1v) is 14.4. The number of halogens is 4. The molecule has 0 aliphatic rings. The monoisotopic (exact) mass is 663 g/mol. The molecular weight excluding hydrogens is 644 g/mol. The molecule has 0 fully saturated rings. The fourth-order valence-corrected chi connectivity index (χ4v) is 5.73. The van der Waals surface area contributed by atoms with E-state index in [1.54, 1.807) is 48.5 Å². The lowest BCUT2D eigenvalue weighted by Crippen LogP contribution is -2.45. The Kier molecular flexibility index (Phi) is 10.9. The van der Waals surface area contributed by atoms with Crippen molar-refractivity contribution >= 4 is 87.4 Å². The number of hydrogen-bond donors (Lipinski definition) is 3. The molecular formula is C28H21Cl4N5O4S. The van der Waals surface area contributed by atoms with Crippen LogP contribution in [0.1, 0.15) is 15.9 Å². The van der Waals surface area contributed by atoms with Crippen LogP contribution in [0, 0.1) is 0 Å². The lowest BCUT2D eigenvalue weighted by molar-refractivity contribution is -0.142. The molecule has 216 valence electrons. The predicted octanol–water partition coefficient (Wildman–Crippen LogP) is 7.40. The van der Waals surface area contributed by atoms with E-state index in [2.05, 4.69) is 25.9 Å². The molecule has 0 bridgehead atoms. The number of nitrogens with one attached hydrogen (secondary N) is 3. The third-order valence-electron chi connectivity index (χ3n) is 5.68. The Labute approximate surface area is 265 Å². The number of esters is 1. The lowest BCUT2D eigenvalue weighted by Gasteiger charge is -2.18. The molecule has 14 heteroatoms. The average Bonchev–Trinajstić information content (AvgIpc) is 2.96. The summed E-state index contributed by atoms with van der Waals surface area (Å²) < 4.78 is 4.90. The van der Waals surface area contributed by atoms with Gasteiger partial charge in [0, 0.05) is 41.8 Å². The number of nitrogens with zero attached hydrogens (tertiary/aromatic N) is 2. The van der Waals surface area contributed by atoms with Crippen LogP contribution < -0.4 is 16.0 Å². The third kappa shape index (κ3) is 8.05. The number of pyridine rings is 2. The Bertz CT molecular complexity index is 1580. The standard InChI is InChI=1S/C28H21Cl4N5O4S/c1-41-27(39)22(10-15-6-8-16(9-7-15)35-26(38)24-17(29)11-33-12-18(24)30)37-28(40)36-21-4-2-3-5-23(21)42-25-19(31)13-34-14-20(25)32/h2-9,11-14,22H,10H2,1H3,(H,35,38)(H2,36,37,40)/t22-/m0/s1. The SMILES string of the molecule is COC(=O)[C@H](Cc1ccc(NC(=O)c2c(Cl)cncc2Cl)cc1)NC(=O)Nc1ccccc1Sc1c(Cl)cncc1Cl. The maximum absolute atomic E-state index is 13.0. The van der Waals surface area contributed by atoms with Crippen molar-refractivity contribution in [3.63, 3.8) is 0 Å². The van der Waals surface area contributed by atoms with E-state index in [1.807, 2.05) is 0 Å². The van der Waals surface area contributed by atoms with Gasteiger partial charge in [0.2, 0.25) is 0 Å². The van der Waals surface area contributed by atoms with Crippen LogP contribution in [0.25, 0.3) is 0 Å². The number of amides is 3. The van der Waals surface area contributed by atoms with Crippen LogP contribution in [0.4, 0.5) is 16.2 Å². The van der Waals surface area contributed by atoms with E-state index in [4.69, 9.17) is 51.1 Å². The minimum Gasteiger partial charge on any atom is -0.467 e. The van der Waals surface area contributed by atoms with Gasteiger partial charge in [-0.25, -0.2) is 9.59 Å². The quantitative estimate of drug-likeness (QED) is 0.159. The second-order valence-electron chi connectivity index (χ2n) is 8.54. The van der Waals surface area contributed by atoms with E-state index in [1.165, 1.54) is 43.7 Å². The molecule has 2 aromatic heterocycles. The molecule has 0 aliphatic carbocycles. The lowest BCUT2D eigenvalue weighted by atomic mass is 10.1. The van der Waals surface area contributed by atoms with Gasteiger partial charge in [-0.1, -0.05) is 82.4 Å². The van der Waals surface area contributed by atoms with Crippen molar-refractivity contribution in [1.82, 2.24) is 15.3 Å². The second kappa shape index (κ2) is 14.6. The molecule has 0 radical (unpaired) electrons. The molecule has 2 aromatic carbocycles. The molecule has 4 aromatic rings. The van der Waals surface area contributed by atoms with E-state index in [0.29, 0.717) is 36.8 Å². The van der Waals surface area contributed by atoms with Crippen molar-refractivity contribution < 1.29 is 19.1 Å². The number of rotatable bonds is 9. The number of hydrogen-bond acceptors (Lipinski definition) is 7. The molecule has 0 saturated heterocycles. The molecule has 0 saturated carbocycles. The Morgan fingerprint density at radius 1 is 0.833 bits per heavy atom. The molecule has 3 N–H and O–H groups in total. The zero-order valence-corrected chi connectivity index (χ0v) is 25.5. The average molecular weight is 665 g/mol. The number of carbonyl (C=O) groups is 3. The zero-order chi connectivity index (χ0) is 30.2. The number of aromatic nitrogens is 2. The van der Waals surface area contributed by atoms with E-state index in [9.17, 15) is 14.4 Å². The maximum atomic E-state index is 13.0. The van der Waals surface area contributed by atoms with Crippen LogP contribution in [-0.2, 0) is 16.0 Å². The van der Waals surface area contributed by atoms with Crippen molar-refractivity contribution in [2.75, 3.05) is 17.7 Å².